The first-order valence-electron chi connectivity index (χ1n) is 5.98. The SMILES string of the molecule is C=C(C=C(C)C=CN=O)NNc1cc(C)c(N)cc1N. The van der Waals surface area contributed by atoms with Gasteiger partial charge in [0.05, 0.1) is 17.6 Å². The van der Waals surface area contributed by atoms with E-state index < -0.39 is 0 Å². The fourth-order valence-electron chi connectivity index (χ4n) is 1.51. The minimum atomic E-state index is 0.541. The van der Waals surface area contributed by atoms with Gasteiger partial charge < -0.3 is 16.9 Å². The summed E-state index contributed by atoms with van der Waals surface area (Å²) in [6, 6.07) is 3.54. The molecule has 6 heteroatoms. The van der Waals surface area contributed by atoms with Gasteiger partial charge in [-0.25, -0.2) is 0 Å². The van der Waals surface area contributed by atoms with Crippen LogP contribution in [0.15, 0.2) is 53.5 Å². The lowest BCUT2D eigenvalue weighted by molar-refractivity contribution is 1.00. The van der Waals surface area contributed by atoms with Crippen molar-refractivity contribution >= 4 is 17.1 Å². The molecule has 0 saturated carbocycles. The summed E-state index contributed by atoms with van der Waals surface area (Å²) in [4.78, 5) is 9.96. The van der Waals surface area contributed by atoms with Crippen molar-refractivity contribution in [3.8, 4) is 0 Å². The standard InChI is InChI=1S/C14H19N5O/c1-9(4-5-17-20)6-11(3)18-19-14-7-10(2)12(15)8-13(14)16/h4-8,18-19H,3,15-16H2,1-2H3. The Kier molecular flexibility index (Phi) is 5.34. The average Bonchev–Trinajstić information content (AvgIpc) is 2.39. The molecule has 0 fully saturated rings. The first-order valence-corrected chi connectivity index (χ1v) is 5.98. The molecule has 1 rings (SSSR count). The Morgan fingerprint density at radius 2 is 2.05 bits per heavy atom. The molecule has 106 valence electrons. The number of rotatable bonds is 6. The first kappa shape index (κ1) is 15.3. The quantitative estimate of drug-likeness (QED) is 0.276. The molecular formula is C14H19N5O. The van der Waals surface area contributed by atoms with Gasteiger partial charge in [-0.05, 0) is 54.4 Å². The fourth-order valence-corrected chi connectivity index (χ4v) is 1.51. The van der Waals surface area contributed by atoms with Gasteiger partial charge in [-0.3, -0.25) is 5.43 Å². The summed E-state index contributed by atoms with van der Waals surface area (Å²) in [6.45, 7) is 7.56. The summed E-state index contributed by atoms with van der Waals surface area (Å²) in [7, 11) is 0. The van der Waals surface area contributed by atoms with Crippen LogP contribution in [0.1, 0.15) is 12.5 Å². The van der Waals surface area contributed by atoms with Gasteiger partial charge in [-0.15, -0.1) is 4.91 Å². The number of hydrazine groups is 1. The summed E-state index contributed by atoms with van der Waals surface area (Å²) in [6.07, 6.45) is 4.52. The minimum absolute atomic E-state index is 0.541. The lowest BCUT2D eigenvalue weighted by Gasteiger charge is -2.14. The van der Waals surface area contributed by atoms with Crippen LogP contribution >= 0.6 is 0 Å². The summed E-state index contributed by atoms with van der Waals surface area (Å²) < 4.78 is 0. The van der Waals surface area contributed by atoms with Crippen LogP contribution in [0.4, 0.5) is 17.1 Å². The molecule has 1 aromatic carbocycles. The van der Waals surface area contributed by atoms with Crippen LogP contribution in [0.3, 0.4) is 0 Å². The van der Waals surface area contributed by atoms with E-state index in [1.54, 1.807) is 18.2 Å². The molecule has 0 bridgehead atoms. The van der Waals surface area contributed by atoms with E-state index in [1.807, 2.05) is 19.9 Å². The van der Waals surface area contributed by atoms with Gasteiger partial charge in [0, 0.05) is 11.4 Å². The van der Waals surface area contributed by atoms with Gasteiger partial charge in [0.2, 0.25) is 0 Å². The van der Waals surface area contributed by atoms with E-state index in [-0.39, 0.29) is 0 Å². The Labute approximate surface area is 118 Å². The molecule has 0 aromatic heterocycles. The number of hydrogen-bond donors (Lipinski definition) is 4. The largest absolute Gasteiger partial charge is 0.398 e. The second-order valence-corrected chi connectivity index (χ2v) is 4.38. The third kappa shape index (κ3) is 4.49. The molecule has 0 atom stereocenters. The second-order valence-electron chi connectivity index (χ2n) is 4.38. The Hall–Kier alpha value is -2.76. The number of aryl methyl sites for hydroxylation is 1. The predicted molar refractivity (Wildman–Crippen MR) is 84.6 cm³/mol. The monoisotopic (exact) mass is 273 g/mol. The summed E-state index contributed by atoms with van der Waals surface area (Å²) in [5.41, 5.74) is 21.8. The zero-order valence-electron chi connectivity index (χ0n) is 11.6. The van der Waals surface area contributed by atoms with Crippen molar-refractivity contribution in [2.24, 2.45) is 5.18 Å². The van der Waals surface area contributed by atoms with Crippen molar-refractivity contribution in [2.45, 2.75) is 13.8 Å². The van der Waals surface area contributed by atoms with E-state index in [2.05, 4.69) is 22.6 Å². The van der Waals surface area contributed by atoms with Gasteiger partial charge in [-0.2, -0.15) is 0 Å². The molecule has 6 nitrogen and oxygen atoms in total. The number of allylic oxidation sites excluding steroid dienone is 3. The van der Waals surface area contributed by atoms with E-state index in [9.17, 15) is 4.91 Å². The van der Waals surface area contributed by atoms with Crippen LogP contribution in [0.5, 0.6) is 0 Å². The van der Waals surface area contributed by atoms with E-state index >= 15 is 0 Å². The number of nitrogens with one attached hydrogen (secondary N) is 2. The van der Waals surface area contributed by atoms with Gasteiger partial charge in [-0.1, -0.05) is 6.58 Å². The number of nitrogens with zero attached hydrogens (tertiary/aromatic N) is 1. The number of nitrogens with two attached hydrogens (primary N) is 2. The van der Waals surface area contributed by atoms with Crippen LogP contribution < -0.4 is 22.3 Å². The fraction of sp³-hybridized carbons (Fsp3) is 0.143. The van der Waals surface area contributed by atoms with Crippen molar-refractivity contribution in [3.63, 3.8) is 0 Å². The molecule has 0 amide bonds. The molecule has 0 heterocycles. The lowest BCUT2D eigenvalue weighted by Crippen LogP contribution is -2.20. The highest BCUT2D eigenvalue weighted by atomic mass is 16.2. The molecule has 0 radical (unpaired) electrons. The highest BCUT2D eigenvalue weighted by molar-refractivity contribution is 5.73. The zero-order valence-corrected chi connectivity index (χ0v) is 11.6. The number of benzene rings is 1. The number of hydrogen-bond acceptors (Lipinski definition) is 6. The van der Waals surface area contributed by atoms with Crippen molar-refractivity contribution < 1.29 is 0 Å². The van der Waals surface area contributed by atoms with Crippen molar-refractivity contribution in [2.75, 3.05) is 16.9 Å². The molecular weight excluding hydrogens is 254 g/mol. The van der Waals surface area contributed by atoms with Gasteiger partial charge >= 0.3 is 0 Å². The molecule has 1 aromatic rings. The molecule has 0 aliphatic carbocycles. The van der Waals surface area contributed by atoms with E-state index in [4.69, 9.17) is 11.5 Å². The number of nitroso groups, excluding NO2 is 1. The summed E-state index contributed by atoms with van der Waals surface area (Å²) >= 11 is 0. The van der Waals surface area contributed by atoms with Crippen molar-refractivity contribution in [3.05, 3.63) is 58.8 Å². The third-order valence-electron chi connectivity index (χ3n) is 2.60. The smallest absolute Gasteiger partial charge is 0.0773 e. The van der Waals surface area contributed by atoms with Crippen LogP contribution in [0.25, 0.3) is 0 Å². The maximum Gasteiger partial charge on any atom is 0.0773 e. The topological polar surface area (TPSA) is 106 Å². The second kappa shape index (κ2) is 6.98. The van der Waals surface area contributed by atoms with Gasteiger partial charge in [0.15, 0.2) is 0 Å². The predicted octanol–water partition coefficient (Wildman–Crippen LogP) is 2.82. The van der Waals surface area contributed by atoms with Crippen molar-refractivity contribution in [1.82, 2.24) is 5.43 Å². The average molecular weight is 273 g/mol. The Morgan fingerprint density at radius 3 is 2.70 bits per heavy atom. The van der Waals surface area contributed by atoms with Crippen LogP contribution in [-0.4, -0.2) is 0 Å². The van der Waals surface area contributed by atoms with E-state index in [0.29, 0.717) is 22.8 Å². The van der Waals surface area contributed by atoms with E-state index in [0.717, 1.165) is 11.1 Å². The zero-order chi connectivity index (χ0) is 15.1. The molecule has 0 spiro atoms. The highest BCUT2D eigenvalue weighted by Gasteiger charge is 2.02. The Bertz CT molecular complexity index is 575. The van der Waals surface area contributed by atoms with Gasteiger partial charge in [0.1, 0.15) is 0 Å². The van der Waals surface area contributed by atoms with E-state index in [1.165, 1.54) is 6.20 Å². The number of anilines is 3. The third-order valence-corrected chi connectivity index (χ3v) is 2.60. The first-order chi connectivity index (χ1) is 9.43. The van der Waals surface area contributed by atoms with Crippen LogP contribution in [0.2, 0.25) is 0 Å². The summed E-state index contributed by atoms with van der Waals surface area (Å²) in [5, 5.41) is 2.64. The van der Waals surface area contributed by atoms with Crippen LogP contribution in [0, 0.1) is 11.8 Å². The molecule has 0 saturated heterocycles. The lowest BCUT2D eigenvalue weighted by atomic mass is 10.1. The number of nitrogen functional groups attached to an aromatic ring is 2. The molecule has 6 N–H and O–H groups in total. The molecule has 20 heavy (non-hydrogen) atoms. The normalized spacial score (nSPS) is 11.4. The summed E-state index contributed by atoms with van der Waals surface area (Å²) in [5.74, 6) is 0. The van der Waals surface area contributed by atoms with Crippen LogP contribution in [-0.2, 0) is 0 Å². The molecule has 0 aliphatic heterocycles. The maximum atomic E-state index is 9.96. The van der Waals surface area contributed by atoms with Gasteiger partial charge in [0.25, 0.3) is 0 Å². The maximum absolute atomic E-state index is 9.96. The minimum Gasteiger partial charge on any atom is -0.398 e. The Balaban J connectivity index is 2.68. The van der Waals surface area contributed by atoms with Crippen molar-refractivity contribution in [1.29, 1.82) is 0 Å². The highest BCUT2D eigenvalue weighted by Crippen LogP contribution is 2.24. The Morgan fingerprint density at radius 1 is 1.35 bits per heavy atom. The molecule has 0 unspecified atom stereocenters. The molecule has 0 aliphatic rings.